The van der Waals surface area contributed by atoms with E-state index in [1.165, 1.54) is 11.0 Å². The van der Waals surface area contributed by atoms with Crippen molar-refractivity contribution in [1.29, 1.82) is 0 Å². The number of amides is 1. The molecule has 0 bridgehead atoms. The van der Waals surface area contributed by atoms with Gasteiger partial charge in [0.15, 0.2) is 0 Å². The van der Waals surface area contributed by atoms with E-state index in [1.54, 1.807) is 32.9 Å². The number of nitro groups is 2. The Morgan fingerprint density at radius 1 is 1.00 bits per heavy atom. The van der Waals surface area contributed by atoms with Crippen molar-refractivity contribution in [2.75, 3.05) is 11.4 Å². The van der Waals surface area contributed by atoms with Crippen LogP contribution in [0.2, 0.25) is 0 Å². The number of para-hydroxylation sites is 1. The monoisotopic (exact) mass is 443 g/mol. The Labute approximate surface area is 185 Å². The number of ether oxygens (including phenoxy) is 1. The maximum Gasteiger partial charge on any atom is 0.346 e. The van der Waals surface area contributed by atoms with Crippen LogP contribution >= 0.6 is 0 Å². The van der Waals surface area contributed by atoms with Gasteiger partial charge in [0.2, 0.25) is 0 Å². The molecule has 10 heteroatoms. The van der Waals surface area contributed by atoms with E-state index in [9.17, 15) is 29.8 Å². The minimum absolute atomic E-state index is 0.0322. The Morgan fingerprint density at radius 3 is 2.19 bits per heavy atom. The van der Waals surface area contributed by atoms with Crippen molar-refractivity contribution in [3.63, 3.8) is 0 Å². The summed E-state index contributed by atoms with van der Waals surface area (Å²) in [5, 5.41) is 22.4. The molecule has 0 aliphatic heterocycles. The van der Waals surface area contributed by atoms with Crippen molar-refractivity contribution in [3.05, 3.63) is 73.8 Å². The van der Waals surface area contributed by atoms with E-state index >= 15 is 0 Å². The van der Waals surface area contributed by atoms with Crippen LogP contribution in [-0.4, -0.2) is 33.9 Å². The number of carbonyl (C=O) groups excluding carboxylic acids is 2. The zero-order valence-electron chi connectivity index (χ0n) is 18.4. The van der Waals surface area contributed by atoms with Gasteiger partial charge in [-0.15, -0.1) is 0 Å². The van der Waals surface area contributed by atoms with E-state index in [4.69, 9.17) is 4.74 Å². The van der Waals surface area contributed by atoms with Gasteiger partial charge < -0.3 is 9.64 Å². The lowest BCUT2D eigenvalue weighted by Gasteiger charge is -2.26. The molecule has 0 N–H and O–H groups in total. The molecule has 0 aromatic heterocycles. The molecule has 10 nitrogen and oxygen atoms in total. The van der Waals surface area contributed by atoms with E-state index in [0.29, 0.717) is 12.1 Å². The number of anilines is 1. The highest BCUT2D eigenvalue weighted by Gasteiger charge is 2.29. The molecule has 0 radical (unpaired) electrons. The third-order valence-corrected chi connectivity index (χ3v) is 4.48. The normalized spacial score (nSPS) is 11.0. The third kappa shape index (κ3) is 6.10. The average molecular weight is 443 g/mol. The number of hydrogen-bond acceptors (Lipinski definition) is 7. The molecule has 0 aliphatic rings. The fraction of sp³-hybridized carbons (Fsp3) is 0.364. The summed E-state index contributed by atoms with van der Waals surface area (Å²) in [6, 6.07) is 10.1. The van der Waals surface area contributed by atoms with Gasteiger partial charge >= 0.3 is 17.3 Å². The van der Waals surface area contributed by atoms with Crippen LogP contribution < -0.4 is 4.90 Å². The third-order valence-electron chi connectivity index (χ3n) is 4.48. The predicted octanol–water partition coefficient (Wildman–Crippen LogP) is 4.44. The molecule has 1 amide bonds. The Bertz CT molecular complexity index is 1040. The standard InChI is InChI=1S/C22H25N3O7/c1-5-15-8-6-7-9-17(15)23(13-12-20(26)32-22(2,3)4)21(27)16-10-11-18(24(28)29)19(14-16)25(30)31/h6-11,14H,5,12-13H2,1-4H3. The summed E-state index contributed by atoms with van der Waals surface area (Å²) in [5.74, 6) is -1.12. The molecular formula is C22H25N3O7. The van der Waals surface area contributed by atoms with Crippen molar-refractivity contribution >= 4 is 28.9 Å². The highest BCUT2D eigenvalue weighted by molar-refractivity contribution is 6.07. The molecule has 0 spiro atoms. The highest BCUT2D eigenvalue weighted by Crippen LogP contribution is 2.30. The molecule has 2 rings (SSSR count). The largest absolute Gasteiger partial charge is 0.460 e. The van der Waals surface area contributed by atoms with Crippen LogP contribution in [0.4, 0.5) is 17.1 Å². The minimum atomic E-state index is -0.903. The molecule has 0 saturated carbocycles. The summed E-state index contributed by atoms with van der Waals surface area (Å²) in [5.41, 5.74) is -0.896. The van der Waals surface area contributed by atoms with Gasteiger partial charge in [-0.2, -0.15) is 0 Å². The molecule has 0 unspecified atom stereocenters. The van der Waals surface area contributed by atoms with E-state index in [-0.39, 0.29) is 18.5 Å². The van der Waals surface area contributed by atoms with Gasteiger partial charge in [-0.05, 0) is 44.9 Å². The summed E-state index contributed by atoms with van der Waals surface area (Å²) in [6.45, 7) is 7.07. The Hall–Kier alpha value is -3.82. The van der Waals surface area contributed by atoms with Crippen LogP contribution in [0.15, 0.2) is 42.5 Å². The molecule has 2 aromatic carbocycles. The lowest BCUT2D eigenvalue weighted by atomic mass is 10.1. The van der Waals surface area contributed by atoms with Gasteiger partial charge in [0.05, 0.1) is 16.3 Å². The SMILES string of the molecule is CCc1ccccc1N(CCC(=O)OC(C)(C)C)C(=O)c1ccc([N+](=O)[O-])c([N+](=O)[O-])c1. The summed E-state index contributed by atoms with van der Waals surface area (Å²) >= 11 is 0. The lowest BCUT2D eigenvalue weighted by molar-refractivity contribution is -0.422. The number of nitro benzene ring substituents is 2. The van der Waals surface area contributed by atoms with E-state index < -0.39 is 38.7 Å². The summed E-state index contributed by atoms with van der Waals surface area (Å²) in [7, 11) is 0. The number of carbonyl (C=O) groups is 2. The summed E-state index contributed by atoms with van der Waals surface area (Å²) in [4.78, 5) is 47.6. The van der Waals surface area contributed by atoms with Crippen LogP contribution in [0.1, 0.15) is 50.0 Å². The summed E-state index contributed by atoms with van der Waals surface area (Å²) in [6.07, 6.45) is 0.503. The van der Waals surface area contributed by atoms with Crippen molar-refractivity contribution < 1.29 is 24.2 Å². The van der Waals surface area contributed by atoms with Crippen LogP contribution in [0, 0.1) is 20.2 Å². The van der Waals surface area contributed by atoms with E-state index in [1.807, 2.05) is 19.1 Å². The molecule has 0 saturated heterocycles. The number of benzene rings is 2. The highest BCUT2D eigenvalue weighted by atomic mass is 16.6. The molecular weight excluding hydrogens is 418 g/mol. The van der Waals surface area contributed by atoms with Crippen molar-refractivity contribution in [2.45, 2.75) is 46.1 Å². The van der Waals surface area contributed by atoms with Crippen molar-refractivity contribution in [2.24, 2.45) is 0 Å². The fourth-order valence-corrected chi connectivity index (χ4v) is 3.11. The number of rotatable bonds is 8. The molecule has 170 valence electrons. The first-order valence-corrected chi connectivity index (χ1v) is 9.99. The van der Waals surface area contributed by atoms with Gasteiger partial charge in [0.1, 0.15) is 5.60 Å². The summed E-state index contributed by atoms with van der Waals surface area (Å²) < 4.78 is 5.32. The Balaban J connectivity index is 2.46. The van der Waals surface area contributed by atoms with Gasteiger partial charge in [0.25, 0.3) is 5.91 Å². The molecule has 0 heterocycles. The molecule has 2 aromatic rings. The van der Waals surface area contributed by atoms with Gasteiger partial charge in [-0.25, -0.2) is 0 Å². The molecule has 0 aliphatic carbocycles. The first kappa shape index (κ1) is 24.4. The van der Waals surface area contributed by atoms with Crippen molar-refractivity contribution in [1.82, 2.24) is 0 Å². The smallest absolute Gasteiger partial charge is 0.346 e. The van der Waals surface area contributed by atoms with Gasteiger partial charge in [-0.3, -0.25) is 29.8 Å². The number of aryl methyl sites for hydroxylation is 1. The van der Waals surface area contributed by atoms with Crippen LogP contribution in [0.5, 0.6) is 0 Å². The minimum Gasteiger partial charge on any atom is -0.460 e. The number of esters is 1. The quantitative estimate of drug-likeness (QED) is 0.334. The van der Waals surface area contributed by atoms with Crippen LogP contribution in [0.25, 0.3) is 0 Å². The molecule has 0 atom stereocenters. The Morgan fingerprint density at radius 2 is 1.62 bits per heavy atom. The average Bonchev–Trinajstić information content (AvgIpc) is 2.72. The zero-order valence-corrected chi connectivity index (χ0v) is 18.4. The molecule has 0 fully saturated rings. The van der Waals surface area contributed by atoms with Gasteiger partial charge in [0, 0.05) is 29.9 Å². The topological polar surface area (TPSA) is 133 Å². The second-order valence-electron chi connectivity index (χ2n) is 7.99. The maximum atomic E-state index is 13.3. The first-order valence-electron chi connectivity index (χ1n) is 9.99. The van der Waals surface area contributed by atoms with E-state index in [2.05, 4.69) is 0 Å². The maximum absolute atomic E-state index is 13.3. The second kappa shape index (κ2) is 9.99. The first-order chi connectivity index (χ1) is 14.9. The molecule has 32 heavy (non-hydrogen) atoms. The second-order valence-corrected chi connectivity index (χ2v) is 7.99. The van der Waals surface area contributed by atoms with Crippen LogP contribution in [0.3, 0.4) is 0 Å². The number of hydrogen-bond donors (Lipinski definition) is 0. The lowest BCUT2D eigenvalue weighted by Crippen LogP contribution is -2.35. The fourth-order valence-electron chi connectivity index (χ4n) is 3.11. The Kier molecular flexibility index (Phi) is 7.63. The predicted molar refractivity (Wildman–Crippen MR) is 118 cm³/mol. The number of nitrogens with zero attached hydrogens (tertiary/aromatic N) is 3. The van der Waals surface area contributed by atoms with Crippen LogP contribution in [-0.2, 0) is 16.0 Å². The zero-order chi connectivity index (χ0) is 24.1. The van der Waals surface area contributed by atoms with E-state index in [0.717, 1.165) is 17.7 Å². The van der Waals surface area contributed by atoms with Crippen molar-refractivity contribution in [3.8, 4) is 0 Å². The van der Waals surface area contributed by atoms with Gasteiger partial charge in [-0.1, -0.05) is 25.1 Å².